The summed E-state index contributed by atoms with van der Waals surface area (Å²) < 4.78 is 13.5. The molecule has 0 aliphatic carbocycles. The van der Waals surface area contributed by atoms with Crippen LogP contribution in [-0.2, 0) is 6.54 Å². The highest BCUT2D eigenvalue weighted by Crippen LogP contribution is 2.30. The van der Waals surface area contributed by atoms with Gasteiger partial charge in [-0.15, -0.1) is 24.0 Å². The maximum Gasteiger partial charge on any atom is 0.191 e. The summed E-state index contributed by atoms with van der Waals surface area (Å²) in [5.74, 6) is 2.31. The smallest absolute Gasteiger partial charge is 0.191 e. The van der Waals surface area contributed by atoms with E-state index in [9.17, 15) is 0 Å². The van der Waals surface area contributed by atoms with Crippen molar-refractivity contribution in [1.29, 1.82) is 0 Å². The van der Waals surface area contributed by atoms with Gasteiger partial charge >= 0.3 is 0 Å². The van der Waals surface area contributed by atoms with Gasteiger partial charge in [0.25, 0.3) is 0 Å². The summed E-state index contributed by atoms with van der Waals surface area (Å²) in [5, 5.41) is 10.7. The van der Waals surface area contributed by atoms with Crippen LogP contribution < -0.4 is 20.1 Å². The predicted molar refractivity (Wildman–Crippen MR) is 126 cm³/mol. The van der Waals surface area contributed by atoms with Crippen molar-refractivity contribution in [2.24, 2.45) is 4.99 Å². The number of hydrogen-bond donors (Lipinski definition) is 2. The van der Waals surface area contributed by atoms with Gasteiger partial charge in [0.1, 0.15) is 25.4 Å². The molecule has 1 aliphatic rings. The molecule has 1 unspecified atom stereocenters. The monoisotopic (exact) mass is 520 g/mol. The van der Waals surface area contributed by atoms with Gasteiger partial charge < -0.3 is 20.1 Å². The lowest BCUT2D eigenvalue weighted by atomic mass is 10.2. The Balaban J connectivity index is 0.00000256. The van der Waals surface area contributed by atoms with Gasteiger partial charge in [0.2, 0.25) is 0 Å². The number of benzene rings is 2. The average molecular weight is 520 g/mol. The molecule has 9 heteroatoms. The minimum atomic E-state index is -0.0734. The number of nitrogens with zero attached hydrogens (tertiary/aromatic N) is 4. The lowest BCUT2D eigenvalue weighted by Crippen LogP contribution is -2.45. The van der Waals surface area contributed by atoms with Crippen LogP contribution in [0.25, 0.3) is 5.69 Å². The summed E-state index contributed by atoms with van der Waals surface area (Å²) in [6.45, 7) is 4.50. The van der Waals surface area contributed by atoms with Crippen molar-refractivity contribution in [2.75, 3.05) is 19.7 Å². The first kappa shape index (κ1) is 21.9. The molecular formula is C21H25IN6O2. The van der Waals surface area contributed by atoms with Crippen molar-refractivity contribution in [3.05, 3.63) is 66.7 Å². The first-order valence-electron chi connectivity index (χ1n) is 9.66. The minimum absolute atomic E-state index is 0. The lowest BCUT2D eigenvalue weighted by Gasteiger charge is -2.27. The second-order valence-corrected chi connectivity index (χ2v) is 6.58. The molecule has 0 amide bonds. The quantitative estimate of drug-likeness (QED) is 0.296. The maximum atomic E-state index is 5.99. The molecule has 158 valence electrons. The van der Waals surface area contributed by atoms with Crippen molar-refractivity contribution in [2.45, 2.75) is 19.6 Å². The number of hydrogen-bond acceptors (Lipinski definition) is 5. The van der Waals surface area contributed by atoms with E-state index >= 15 is 0 Å². The van der Waals surface area contributed by atoms with E-state index in [2.05, 4.69) is 25.7 Å². The second-order valence-electron chi connectivity index (χ2n) is 6.58. The summed E-state index contributed by atoms with van der Waals surface area (Å²) in [4.78, 5) is 8.63. The van der Waals surface area contributed by atoms with E-state index in [-0.39, 0.29) is 30.1 Å². The van der Waals surface area contributed by atoms with Gasteiger partial charge in [0.15, 0.2) is 17.5 Å². The highest BCUT2D eigenvalue weighted by molar-refractivity contribution is 14.0. The van der Waals surface area contributed by atoms with Crippen LogP contribution in [0.4, 0.5) is 0 Å². The lowest BCUT2D eigenvalue weighted by molar-refractivity contribution is 0.0936. The van der Waals surface area contributed by atoms with Gasteiger partial charge in [-0.3, -0.25) is 0 Å². The minimum Gasteiger partial charge on any atom is -0.486 e. The van der Waals surface area contributed by atoms with E-state index in [0.717, 1.165) is 35.3 Å². The molecule has 30 heavy (non-hydrogen) atoms. The van der Waals surface area contributed by atoms with Gasteiger partial charge in [-0.2, -0.15) is 5.10 Å². The molecule has 0 saturated heterocycles. The van der Waals surface area contributed by atoms with Crippen molar-refractivity contribution in [1.82, 2.24) is 25.4 Å². The summed E-state index contributed by atoms with van der Waals surface area (Å²) in [6.07, 6.45) is 3.12. The molecule has 0 bridgehead atoms. The van der Waals surface area contributed by atoms with E-state index in [1.165, 1.54) is 6.33 Å². The normalized spacial score (nSPS) is 15.2. The number of aliphatic imine (C=N–C) groups is 1. The highest BCUT2D eigenvalue weighted by atomic mass is 127. The van der Waals surface area contributed by atoms with E-state index < -0.39 is 0 Å². The third-order valence-electron chi connectivity index (χ3n) is 4.45. The molecule has 2 heterocycles. The maximum absolute atomic E-state index is 5.99. The summed E-state index contributed by atoms with van der Waals surface area (Å²) in [5.41, 5.74) is 2.08. The standard InChI is InChI=1S/C21H24N6O2.HI/c1-2-23-21(25-12-18-13-28-19-5-3-4-6-20(19)29-18)24-11-16-7-9-17(10-8-16)27-15-22-14-26-27;/h3-10,14-15,18H,2,11-13H2,1H3,(H2,23,24,25);1H. The van der Waals surface area contributed by atoms with Gasteiger partial charge in [-0.1, -0.05) is 24.3 Å². The molecular weight excluding hydrogens is 495 g/mol. The van der Waals surface area contributed by atoms with Crippen LogP contribution in [0.1, 0.15) is 12.5 Å². The van der Waals surface area contributed by atoms with Gasteiger partial charge in [-0.05, 0) is 36.8 Å². The van der Waals surface area contributed by atoms with E-state index in [1.54, 1.807) is 11.0 Å². The Morgan fingerprint density at radius 2 is 1.93 bits per heavy atom. The van der Waals surface area contributed by atoms with Gasteiger partial charge in [-0.25, -0.2) is 14.7 Å². The topological polar surface area (TPSA) is 85.6 Å². The van der Waals surface area contributed by atoms with Crippen LogP contribution in [0, 0.1) is 0 Å². The average Bonchev–Trinajstić information content (AvgIpc) is 3.31. The first-order chi connectivity index (χ1) is 14.3. The zero-order chi connectivity index (χ0) is 19.9. The molecule has 2 N–H and O–H groups in total. The molecule has 1 atom stereocenters. The molecule has 0 radical (unpaired) electrons. The van der Waals surface area contributed by atoms with Crippen molar-refractivity contribution in [3.8, 4) is 17.2 Å². The van der Waals surface area contributed by atoms with Crippen molar-refractivity contribution in [3.63, 3.8) is 0 Å². The van der Waals surface area contributed by atoms with E-state index in [0.29, 0.717) is 19.7 Å². The summed E-state index contributed by atoms with van der Waals surface area (Å²) in [7, 11) is 0. The van der Waals surface area contributed by atoms with Crippen molar-refractivity contribution >= 4 is 29.9 Å². The Kier molecular flexibility index (Phi) is 7.89. The molecule has 2 aromatic carbocycles. The molecule has 1 aliphatic heterocycles. The zero-order valence-electron chi connectivity index (χ0n) is 16.7. The third-order valence-corrected chi connectivity index (χ3v) is 4.45. The van der Waals surface area contributed by atoms with Gasteiger partial charge in [0.05, 0.1) is 18.8 Å². The van der Waals surface area contributed by atoms with Crippen molar-refractivity contribution < 1.29 is 9.47 Å². The fourth-order valence-corrected chi connectivity index (χ4v) is 2.98. The van der Waals surface area contributed by atoms with Crippen LogP contribution in [0.15, 0.2) is 66.2 Å². The molecule has 1 aromatic heterocycles. The number of guanidine groups is 1. The SMILES string of the molecule is CCNC(=NCc1ccc(-n2cncn2)cc1)NCC1COc2ccccc2O1.I. The molecule has 0 spiro atoms. The second kappa shape index (κ2) is 10.8. The van der Waals surface area contributed by atoms with Crippen LogP contribution in [0.3, 0.4) is 0 Å². The number of rotatable bonds is 6. The molecule has 3 aromatic rings. The zero-order valence-corrected chi connectivity index (χ0v) is 19.0. The largest absolute Gasteiger partial charge is 0.486 e. The van der Waals surface area contributed by atoms with Crippen LogP contribution in [-0.4, -0.2) is 46.5 Å². The Bertz CT molecular complexity index is 946. The Labute approximate surface area is 192 Å². The number of para-hydroxylation sites is 2. The van der Waals surface area contributed by atoms with E-state index in [1.807, 2.05) is 55.5 Å². The Morgan fingerprint density at radius 3 is 2.67 bits per heavy atom. The fraction of sp³-hybridized carbons (Fsp3) is 0.286. The number of ether oxygens (including phenoxy) is 2. The number of aromatic nitrogens is 3. The third kappa shape index (κ3) is 5.62. The molecule has 4 rings (SSSR count). The molecule has 0 saturated carbocycles. The Morgan fingerprint density at radius 1 is 1.13 bits per heavy atom. The van der Waals surface area contributed by atoms with Crippen LogP contribution >= 0.6 is 24.0 Å². The Hall–Kier alpha value is -2.82. The predicted octanol–water partition coefficient (Wildman–Crippen LogP) is 2.78. The van der Waals surface area contributed by atoms with E-state index in [4.69, 9.17) is 9.47 Å². The fourth-order valence-electron chi connectivity index (χ4n) is 2.98. The number of fused-ring (bicyclic) bond motifs is 1. The summed E-state index contributed by atoms with van der Waals surface area (Å²) >= 11 is 0. The molecule has 8 nitrogen and oxygen atoms in total. The first-order valence-corrected chi connectivity index (χ1v) is 9.66. The van der Waals surface area contributed by atoms with Crippen LogP contribution in [0.2, 0.25) is 0 Å². The number of halogens is 1. The highest BCUT2D eigenvalue weighted by Gasteiger charge is 2.20. The van der Waals surface area contributed by atoms with Crippen LogP contribution in [0.5, 0.6) is 11.5 Å². The number of nitrogens with one attached hydrogen (secondary N) is 2. The molecule has 0 fully saturated rings. The summed E-state index contributed by atoms with van der Waals surface area (Å²) in [6, 6.07) is 15.8. The van der Waals surface area contributed by atoms with Gasteiger partial charge in [0, 0.05) is 6.54 Å².